The third-order valence-electron chi connectivity index (χ3n) is 6.05. The second-order valence-corrected chi connectivity index (χ2v) is 8.11. The summed E-state index contributed by atoms with van der Waals surface area (Å²) >= 11 is 0. The van der Waals surface area contributed by atoms with Crippen LogP contribution < -0.4 is 15.0 Å². The first-order valence-electron chi connectivity index (χ1n) is 11.0. The van der Waals surface area contributed by atoms with Gasteiger partial charge in [0.15, 0.2) is 0 Å². The number of nitrogens with zero attached hydrogens (tertiary/aromatic N) is 3. The number of hydrogen-bond donors (Lipinski definition) is 1. The number of likely N-dealkylation sites (tertiary alicyclic amines) is 1. The molecular formula is C22H32N4O3. The lowest BCUT2D eigenvalue weighted by Crippen LogP contribution is -2.56. The molecule has 1 aromatic carbocycles. The molecule has 7 nitrogen and oxygen atoms in total. The Morgan fingerprint density at radius 2 is 1.76 bits per heavy atom. The Kier molecular flexibility index (Phi) is 6.35. The maximum atomic E-state index is 11.9. The Labute approximate surface area is 173 Å². The quantitative estimate of drug-likeness (QED) is 0.638. The largest absolute Gasteiger partial charge is 0.492 e. The summed E-state index contributed by atoms with van der Waals surface area (Å²) in [7, 11) is 0. The molecule has 1 atom stereocenters. The van der Waals surface area contributed by atoms with Gasteiger partial charge in [-0.3, -0.25) is 24.7 Å². The summed E-state index contributed by atoms with van der Waals surface area (Å²) in [6.45, 7) is 6.98. The summed E-state index contributed by atoms with van der Waals surface area (Å²) in [5.41, 5.74) is 1.16. The number of imide groups is 1. The van der Waals surface area contributed by atoms with Crippen LogP contribution >= 0.6 is 0 Å². The molecule has 1 N–H and O–H groups in total. The number of amides is 2. The zero-order valence-electron chi connectivity index (χ0n) is 17.3. The van der Waals surface area contributed by atoms with E-state index in [0.29, 0.717) is 32.0 Å². The highest BCUT2D eigenvalue weighted by molar-refractivity contribution is 6.01. The van der Waals surface area contributed by atoms with Gasteiger partial charge in [0.2, 0.25) is 11.8 Å². The number of rotatable bonds is 9. The van der Waals surface area contributed by atoms with Crippen molar-refractivity contribution in [3.63, 3.8) is 0 Å². The molecule has 1 aliphatic carbocycles. The molecule has 1 unspecified atom stereocenters. The Balaban J connectivity index is 1.35. The molecule has 2 heterocycles. The minimum Gasteiger partial charge on any atom is -0.492 e. The standard InChI is InChI=1S/C22H32N4O3/c1-2-29-19-6-4-3-5-18(19)24-13-15-25(16-14-24)20(23-17-7-8-17)11-12-26-21(27)9-10-22(26)28/h3-6,17,20,23H,2,7-16H2,1H3. The highest BCUT2D eigenvalue weighted by Gasteiger charge is 2.33. The zero-order chi connectivity index (χ0) is 20.2. The van der Waals surface area contributed by atoms with Crippen LogP contribution in [0.3, 0.4) is 0 Å². The van der Waals surface area contributed by atoms with Crippen LogP contribution in [0.4, 0.5) is 5.69 Å². The number of carbonyl (C=O) groups excluding carboxylic acids is 2. The van der Waals surface area contributed by atoms with Gasteiger partial charge in [-0.05, 0) is 38.3 Å². The van der Waals surface area contributed by atoms with Crippen molar-refractivity contribution in [2.45, 2.75) is 51.2 Å². The first-order valence-corrected chi connectivity index (χ1v) is 11.0. The Morgan fingerprint density at radius 3 is 2.41 bits per heavy atom. The van der Waals surface area contributed by atoms with Gasteiger partial charge in [0, 0.05) is 51.6 Å². The van der Waals surface area contributed by atoms with Crippen LogP contribution in [0, 0.1) is 0 Å². The van der Waals surface area contributed by atoms with E-state index >= 15 is 0 Å². The van der Waals surface area contributed by atoms with E-state index in [9.17, 15) is 9.59 Å². The molecule has 4 rings (SSSR count). The lowest BCUT2D eigenvalue weighted by atomic mass is 10.2. The van der Waals surface area contributed by atoms with Crippen LogP contribution in [-0.2, 0) is 9.59 Å². The molecule has 0 radical (unpaired) electrons. The molecular weight excluding hydrogens is 368 g/mol. The van der Waals surface area contributed by atoms with Gasteiger partial charge in [-0.1, -0.05) is 12.1 Å². The fourth-order valence-corrected chi connectivity index (χ4v) is 4.29. The minimum atomic E-state index is -0.0162. The molecule has 1 saturated carbocycles. The van der Waals surface area contributed by atoms with Crippen molar-refractivity contribution in [2.75, 3.05) is 44.2 Å². The van der Waals surface area contributed by atoms with Crippen molar-refractivity contribution in [1.29, 1.82) is 0 Å². The number of para-hydroxylation sites is 2. The smallest absolute Gasteiger partial charge is 0.229 e. The average molecular weight is 401 g/mol. The maximum Gasteiger partial charge on any atom is 0.229 e. The lowest BCUT2D eigenvalue weighted by Gasteiger charge is -2.41. The second kappa shape index (κ2) is 9.13. The van der Waals surface area contributed by atoms with Crippen molar-refractivity contribution >= 4 is 17.5 Å². The number of ether oxygens (including phenoxy) is 1. The fourth-order valence-electron chi connectivity index (χ4n) is 4.29. The monoisotopic (exact) mass is 400 g/mol. The first kappa shape index (κ1) is 20.2. The number of benzene rings is 1. The molecule has 2 amide bonds. The van der Waals surface area contributed by atoms with Crippen molar-refractivity contribution in [1.82, 2.24) is 15.1 Å². The molecule has 29 heavy (non-hydrogen) atoms. The van der Waals surface area contributed by atoms with Crippen LogP contribution in [0.25, 0.3) is 0 Å². The van der Waals surface area contributed by atoms with Gasteiger partial charge in [-0.2, -0.15) is 0 Å². The van der Waals surface area contributed by atoms with Crippen LogP contribution in [0.15, 0.2) is 24.3 Å². The van der Waals surface area contributed by atoms with E-state index in [4.69, 9.17) is 4.74 Å². The van der Waals surface area contributed by atoms with Crippen molar-refractivity contribution in [3.05, 3.63) is 24.3 Å². The number of piperazine rings is 1. The van der Waals surface area contributed by atoms with Gasteiger partial charge in [-0.25, -0.2) is 0 Å². The minimum absolute atomic E-state index is 0.0162. The topological polar surface area (TPSA) is 65.1 Å². The molecule has 158 valence electrons. The number of nitrogens with one attached hydrogen (secondary N) is 1. The molecule has 0 aromatic heterocycles. The summed E-state index contributed by atoms with van der Waals surface area (Å²) in [4.78, 5) is 30.2. The third kappa shape index (κ3) is 4.90. The van der Waals surface area contributed by atoms with Gasteiger partial charge in [0.1, 0.15) is 5.75 Å². The number of anilines is 1. The van der Waals surface area contributed by atoms with Crippen molar-refractivity contribution in [3.8, 4) is 5.75 Å². The van der Waals surface area contributed by atoms with E-state index in [1.165, 1.54) is 17.7 Å². The molecule has 0 bridgehead atoms. The van der Waals surface area contributed by atoms with Crippen molar-refractivity contribution < 1.29 is 14.3 Å². The van der Waals surface area contributed by atoms with E-state index in [0.717, 1.165) is 44.0 Å². The summed E-state index contributed by atoms with van der Waals surface area (Å²) in [6.07, 6.45) is 4.20. The van der Waals surface area contributed by atoms with Crippen LogP contribution in [0.1, 0.15) is 39.0 Å². The van der Waals surface area contributed by atoms with E-state index in [2.05, 4.69) is 27.2 Å². The zero-order valence-corrected chi connectivity index (χ0v) is 17.3. The van der Waals surface area contributed by atoms with Gasteiger partial charge >= 0.3 is 0 Å². The van der Waals surface area contributed by atoms with E-state index < -0.39 is 0 Å². The molecule has 2 aliphatic heterocycles. The maximum absolute atomic E-state index is 11.9. The molecule has 7 heteroatoms. The predicted molar refractivity (Wildman–Crippen MR) is 112 cm³/mol. The number of carbonyl (C=O) groups is 2. The average Bonchev–Trinajstić information content (AvgIpc) is 3.51. The SMILES string of the molecule is CCOc1ccccc1N1CCN(C(CCN2C(=O)CCC2=O)NC2CC2)CC1. The third-order valence-corrected chi connectivity index (χ3v) is 6.05. The molecule has 0 spiro atoms. The molecule has 3 aliphatic rings. The van der Waals surface area contributed by atoms with Crippen LogP contribution in [0.2, 0.25) is 0 Å². The van der Waals surface area contributed by atoms with Crippen molar-refractivity contribution in [2.24, 2.45) is 0 Å². The van der Waals surface area contributed by atoms with Crippen LogP contribution in [-0.4, -0.2) is 73.2 Å². The molecule has 2 saturated heterocycles. The van der Waals surface area contributed by atoms with Crippen LogP contribution in [0.5, 0.6) is 5.75 Å². The van der Waals surface area contributed by atoms with E-state index in [-0.39, 0.29) is 18.0 Å². The fraction of sp³-hybridized carbons (Fsp3) is 0.636. The lowest BCUT2D eigenvalue weighted by molar-refractivity contribution is -0.138. The first-order chi connectivity index (χ1) is 14.2. The van der Waals surface area contributed by atoms with E-state index in [1.807, 2.05) is 19.1 Å². The highest BCUT2D eigenvalue weighted by atomic mass is 16.5. The van der Waals surface area contributed by atoms with Gasteiger partial charge in [-0.15, -0.1) is 0 Å². The summed E-state index contributed by atoms with van der Waals surface area (Å²) in [6, 6.07) is 8.83. The normalized spacial score (nSPS) is 21.7. The summed E-state index contributed by atoms with van der Waals surface area (Å²) in [5.74, 6) is 0.914. The molecule has 3 fully saturated rings. The predicted octanol–water partition coefficient (Wildman–Crippen LogP) is 1.82. The Morgan fingerprint density at radius 1 is 1.07 bits per heavy atom. The van der Waals surface area contributed by atoms with E-state index in [1.54, 1.807) is 0 Å². The Hall–Kier alpha value is -2.12. The van der Waals surface area contributed by atoms with Gasteiger partial charge < -0.3 is 9.64 Å². The van der Waals surface area contributed by atoms with Gasteiger partial charge in [0.05, 0.1) is 18.5 Å². The highest BCUT2D eigenvalue weighted by Crippen LogP contribution is 2.29. The molecule has 1 aromatic rings. The summed E-state index contributed by atoms with van der Waals surface area (Å²) < 4.78 is 5.80. The number of hydrogen-bond acceptors (Lipinski definition) is 6. The second-order valence-electron chi connectivity index (χ2n) is 8.11. The summed E-state index contributed by atoms with van der Waals surface area (Å²) in [5, 5.41) is 3.73. The van der Waals surface area contributed by atoms with Gasteiger partial charge in [0.25, 0.3) is 0 Å². The Bertz CT molecular complexity index is 713.